The van der Waals surface area contributed by atoms with E-state index < -0.39 is 35.3 Å². The highest BCUT2D eigenvalue weighted by atomic mass is 35.5. The van der Waals surface area contributed by atoms with E-state index in [0.29, 0.717) is 25.0 Å². The topological polar surface area (TPSA) is 43.1 Å². The molecule has 1 saturated carbocycles. The number of primary amides is 1. The van der Waals surface area contributed by atoms with Gasteiger partial charge in [-0.1, -0.05) is 0 Å². The Hall–Kier alpha value is -1.44. The number of halogens is 7. The van der Waals surface area contributed by atoms with E-state index in [1.165, 1.54) is 0 Å². The van der Waals surface area contributed by atoms with Crippen LogP contribution in [0.4, 0.5) is 26.3 Å². The van der Waals surface area contributed by atoms with Crippen LogP contribution in [-0.2, 0) is 17.1 Å². The Bertz CT molecular complexity index is 532. The minimum absolute atomic E-state index is 0. The molecule has 0 saturated heterocycles. The number of carbonyl (C=O) groups excluding carboxylic acids is 1. The van der Waals surface area contributed by atoms with E-state index in [2.05, 4.69) is 0 Å². The largest absolute Gasteiger partial charge is 0.416 e. The van der Waals surface area contributed by atoms with Crippen molar-refractivity contribution in [3.63, 3.8) is 0 Å². The zero-order valence-corrected chi connectivity index (χ0v) is 11.8. The lowest BCUT2D eigenvalue weighted by molar-refractivity contribution is -0.143. The highest BCUT2D eigenvalue weighted by molar-refractivity contribution is 5.85. The molecule has 2 N–H and O–H groups in total. The summed E-state index contributed by atoms with van der Waals surface area (Å²) < 4.78 is 76.4. The van der Waals surface area contributed by atoms with Crippen molar-refractivity contribution in [1.29, 1.82) is 0 Å². The number of alkyl halides is 6. The third-order valence-corrected chi connectivity index (χ3v) is 3.37. The van der Waals surface area contributed by atoms with Crippen LogP contribution in [0.1, 0.15) is 35.4 Å². The number of hydrogen-bond acceptors (Lipinski definition) is 1. The number of amides is 1. The van der Waals surface area contributed by atoms with Crippen LogP contribution in [0.3, 0.4) is 0 Å². The van der Waals surface area contributed by atoms with Gasteiger partial charge in [0.2, 0.25) is 5.91 Å². The van der Waals surface area contributed by atoms with E-state index in [1.54, 1.807) is 0 Å². The highest BCUT2D eigenvalue weighted by Crippen LogP contribution is 2.45. The molecule has 0 radical (unpaired) electrons. The van der Waals surface area contributed by atoms with Crippen LogP contribution in [0.25, 0.3) is 0 Å². The average Bonchev–Trinajstić information content (AvgIpc) is 3.10. The first-order valence-corrected chi connectivity index (χ1v) is 6.09. The fourth-order valence-corrected chi connectivity index (χ4v) is 2.26. The summed E-state index contributed by atoms with van der Waals surface area (Å²) in [5.74, 6) is -2.31. The third kappa shape index (κ3) is 4.06. The normalized spacial score (nSPS) is 16.8. The minimum atomic E-state index is -4.93. The summed E-state index contributed by atoms with van der Waals surface area (Å²) in [7, 11) is 0. The van der Waals surface area contributed by atoms with Gasteiger partial charge in [-0.2, -0.15) is 26.3 Å². The van der Waals surface area contributed by atoms with Gasteiger partial charge >= 0.3 is 12.4 Å². The van der Waals surface area contributed by atoms with Crippen molar-refractivity contribution < 1.29 is 31.1 Å². The lowest BCUT2D eigenvalue weighted by Crippen LogP contribution is -2.24. The molecule has 0 heterocycles. The molecule has 0 aromatic heterocycles. The molecular formula is C13H12ClF6NO. The van der Waals surface area contributed by atoms with Gasteiger partial charge in [-0.25, -0.2) is 0 Å². The molecule has 1 amide bonds. The van der Waals surface area contributed by atoms with Crippen molar-refractivity contribution in [2.75, 3.05) is 0 Å². The Balaban J connectivity index is 0.00000242. The van der Waals surface area contributed by atoms with Crippen LogP contribution in [-0.4, -0.2) is 5.91 Å². The van der Waals surface area contributed by atoms with Gasteiger partial charge in [-0.05, 0) is 42.5 Å². The molecule has 1 aromatic rings. The maximum Gasteiger partial charge on any atom is 0.416 e. The van der Waals surface area contributed by atoms with Crippen LogP contribution in [0.5, 0.6) is 0 Å². The molecule has 9 heteroatoms. The predicted octanol–water partition coefficient (Wildman–Crippen LogP) is 4.12. The smallest absolute Gasteiger partial charge is 0.369 e. The van der Waals surface area contributed by atoms with Crippen molar-refractivity contribution in [2.24, 2.45) is 11.7 Å². The van der Waals surface area contributed by atoms with E-state index in [4.69, 9.17) is 5.73 Å². The summed E-state index contributed by atoms with van der Waals surface area (Å²) in [4.78, 5) is 11.4. The molecule has 1 aromatic carbocycles. The van der Waals surface area contributed by atoms with Crippen molar-refractivity contribution >= 4 is 18.3 Å². The Labute approximate surface area is 128 Å². The second kappa shape index (κ2) is 5.98. The first kappa shape index (κ1) is 18.6. The number of carbonyl (C=O) groups is 1. The van der Waals surface area contributed by atoms with Gasteiger partial charge in [0.1, 0.15) is 0 Å². The molecule has 1 aliphatic carbocycles. The van der Waals surface area contributed by atoms with Gasteiger partial charge in [-0.3, -0.25) is 4.79 Å². The fourth-order valence-electron chi connectivity index (χ4n) is 2.26. The molecule has 2 rings (SSSR count). The second-order valence-corrected chi connectivity index (χ2v) is 5.06. The van der Waals surface area contributed by atoms with Crippen LogP contribution in [0.15, 0.2) is 18.2 Å². The van der Waals surface area contributed by atoms with E-state index in [-0.39, 0.29) is 30.0 Å². The highest BCUT2D eigenvalue weighted by Gasteiger charge is 2.41. The third-order valence-electron chi connectivity index (χ3n) is 3.37. The predicted molar refractivity (Wildman–Crippen MR) is 68.4 cm³/mol. The van der Waals surface area contributed by atoms with E-state index in [0.717, 1.165) is 0 Å². The number of hydrogen-bond donors (Lipinski definition) is 1. The van der Waals surface area contributed by atoms with Crippen molar-refractivity contribution in [1.82, 2.24) is 0 Å². The first-order chi connectivity index (χ1) is 9.50. The van der Waals surface area contributed by atoms with Gasteiger partial charge in [0.25, 0.3) is 0 Å². The van der Waals surface area contributed by atoms with Crippen molar-refractivity contribution in [3.8, 4) is 0 Å². The maximum absolute atomic E-state index is 12.7. The zero-order valence-electron chi connectivity index (χ0n) is 11.0. The molecule has 0 aliphatic heterocycles. The molecule has 1 atom stereocenters. The number of nitrogens with two attached hydrogens (primary N) is 1. The minimum Gasteiger partial charge on any atom is -0.369 e. The molecule has 1 aliphatic rings. The Morgan fingerprint density at radius 3 is 1.68 bits per heavy atom. The summed E-state index contributed by atoms with van der Waals surface area (Å²) in [5.41, 5.74) is 1.94. The van der Waals surface area contributed by atoms with E-state index >= 15 is 0 Å². The van der Waals surface area contributed by atoms with Crippen LogP contribution < -0.4 is 5.73 Å². The Morgan fingerprint density at radius 2 is 1.41 bits per heavy atom. The molecule has 0 bridgehead atoms. The summed E-state index contributed by atoms with van der Waals surface area (Å²) in [6, 6.07) is 1.18. The average molecular weight is 348 g/mol. The van der Waals surface area contributed by atoms with Crippen LogP contribution >= 0.6 is 12.4 Å². The van der Waals surface area contributed by atoms with Gasteiger partial charge in [-0.15, -0.1) is 12.4 Å². The summed E-state index contributed by atoms with van der Waals surface area (Å²) >= 11 is 0. The van der Waals surface area contributed by atoms with Crippen LogP contribution in [0, 0.1) is 5.92 Å². The standard InChI is InChI=1S/C13H11F6NO.ClH/c14-12(15,16)8-3-7(4-9(5-8)13(17,18)19)10(11(20)21)6-1-2-6;/h3-6,10H,1-2H2,(H2,20,21);1H. The summed E-state index contributed by atoms with van der Waals surface area (Å²) in [5, 5.41) is 0. The molecule has 0 spiro atoms. The summed E-state index contributed by atoms with van der Waals surface area (Å²) in [6.07, 6.45) is -8.74. The summed E-state index contributed by atoms with van der Waals surface area (Å²) in [6.45, 7) is 0. The van der Waals surface area contributed by atoms with Gasteiger partial charge < -0.3 is 5.73 Å². The monoisotopic (exact) mass is 347 g/mol. The lowest BCUT2D eigenvalue weighted by atomic mass is 9.90. The molecule has 2 nitrogen and oxygen atoms in total. The second-order valence-electron chi connectivity index (χ2n) is 5.06. The molecular weight excluding hydrogens is 336 g/mol. The molecule has 1 unspecified atom stereocenters. The quantitative estimate of drug-likeness (QED) is 0.821. The molecule has 1 fully saturated rings. The Kier molecular flexibility index (Phi) is 5.06. The Morgan fingerprint density at radius 1 is 1.00 bits per heavy atom. The number of benzene rings is 1. The first-order valence-electron chi connectivity index (χ1n) is 6.09. The van der Waals surface area contributed by atoms with Gasteiger partial charge in [0, 0.05) is 0 Å². The SMILES string of the molecule is Cl.NC(=O)C(c1cc(C(F)(F)F)cc(C(F)(F)F)c1)C1CC1. The number of rotatable bonds is 3. The van der Waals surface area contributed by atoms with E-state index in [9.17, 15) is 31.1 Å². The molecule has 124 valence electrons. The fraction of sp³-hybridized carbons (Fsp3) is 0.462. The van der Waals surface area contributed by atoms with Crippen molar-refractivity contribution in [3.05, 3.63) is 34.9 Å². The van der Waals surface area contributed by atoms with Gasteiger partial charge in [0.15, 0.2) is 0 Å². The van der Waals surface area contributed by atoms with E-state index in [1.807, 2.05) is 0 Å². The van der Waals surface area contributed by atoms with Crippen molar-refractivity contribution in [2.45, 2.75) is 31.1 Å². The molecule has 22 heavy (non-hydrogen) atoms. The lowest BCUT2D eigenvalue weighted by Gasteiger charge is -2.18. The van der Waals surface area contributed by atoms with Crippen LogP contribution in [0.2, 0.25) is 0 Å². The maximum atomic E-state index is 12.7. The zero-order chi connectivity index (χ0) is 16.0. The van der Waals surface area contributed by atoms with Gasteiger partial charge in [0.05, 0.1) is 17.0 Å².